The molecule has 2 aromatic carbocycles. The van der Waals surface area contributed by atoms with Gasteiger partial charge in [0, 0.05) is 12.6 Å². The Morgan fingerprint density at radius 2 is 1.92 bits per heavy atom. The van der Waals surface area contributed by atoms with Crippen molar-refractivity contribution in [2.24, 2.45) is 16.5 Å². The predicted octanol–water partition coefficient (Wildman–Crippen LogP) is 5.33. The third-order valence-electron chi connectivity index (χ3n) is 10.7. The summed E-state index contributed by atoms with van der Waals surface area (Å²) in [6.45, 7) is 2.93. The molecular formula is C31H38N2O3S. The Morgan fingerprint density at radius 1 is 1.08 bits per heavy atom. The Hall–Kier alpha value is -1.99. The highest BCUT2D eigenvalue weighted by Gasteiger charge is 2.66. The summed E-state index contributed by atoms with van der Waals surface area (Å²) >= 11 is 0. The highest BCUT2D eigenvalue weighted by Crippen LogP contribution is 2.69. The summed E-state index contributed by atoms with van der Waals surface area (Å²) in [6.07, 6.45) is 13.7. The standard InChI is InChI=1S/C31H38N2O3S/c1-29-13-12-25-19-24-8-9-26(33-16-17-37(32,34)35)20-30(24)14-15-31(25,36-30)28(29)11-10-27(29)23-7-6-21-4-2-3-5-22(21)18-23/h2-7,12,18-19,26-28,33H,8-11,13-17,20H2,1H3,(H2,32,34,35)/t26-,27?,28+,29+,30+,31?/m0/s1. The molecule has 5 aliphatic rings. The maximum atomic E-state index is 11.4. The average Bonchev–Trinajstić information content (AvgIpc) is 3.38. The van der Waals surface area contributed by atoms with Crippen molar-refractivity contribution in [2.45, 2.75) is 81.5 Å². The first kappa shape index (κ1) is 24.1. The molecule has 2 saturated carbocycles. The summed E-state index contributed by atoms with van der Waals surface area (Å²) in [4.78, 5) is 0. The largest absolute Gasteiger partial charge is 0.359 e. The van der Waals surface area contributed by atoms with Gasteiger partial charge >= 0.3 is 0 Å². The Kier molecular flexibility index (Phi) is 5.37. The zero-order chi connectivity index (χ0) is 25.5. The summed E-state index contributed by atoms with van der Waals surface area (Å²) in [7, 11) is -3.45. The van der Waals surface area contributed by atoms with Crippen LogP contribution in [0.2, 0.25) is 0 Å². The molecule has 0 radical (unpaired) electrons. The van der Waals surface area contributed by atoms with Crippen LogP contribution in [-0.4, -0.2) is 38.0 Å². The number of hydrogen-bond acceptors (Lipinski definition) is 4. The fourth-order valence-corrected chi connectivity index (χ4v) is 9.36. The van der Waals surface area contributed by atoms with Gasteiger partial charge in [-0.2, -0.15) is 0 Å². The van der Waals surface area contributed by atoms with Gasteiger partial charge < -0.3 is 10.1 Å². The van der Waals surface area contributed by atoms with Crippen LogP contribution in [0.3, 0.4) is 0 Å². The van der Waals surface area contributed by atoms with E-state index < -0.39 is 10.0 Å². The van der Waals surface area contributed by atoms with Crippen LogP contribution in [0.4, 0.5) is 0 Å². The molecule has 3 fully saturated rings. The third-order valence-corrected chi connectivity index (χ3v) is 11.4. The van der Waals surface area contributed by atoms with Crippen molar-refractivity contribution in [3.05, 3.63) is 71.3 Å². The molecule has 3 aliphatic carbocycles. The number of ether oxygens (including phenoxy) is 1. The Balaban J connectivity index is 1.17. The molecule has 2 aliphatic heterocycles. The molecule has 2 spiro atoms. The summed E-state index contributed by atoms with van der Waals surface area (Å²) < 4.78 is 30.2. The number of allylic oxidation sites excluding steroid dienone is 1. The number of benzene rings is 2. The monoisotopic (exact) mass is 518 g/mol. The van der Waals surface area contributed by atoms with Gasteiger partial charge in [-0.15, -0.1) is 0 Å². The molecule has 1 saturated heterocycles. The summed E-state index contributed by atoms with van der Waals surface area (Å²) in [5, 5.41) is 11.3. The van der Waals surface area contributed by atoms with Gasteiger partial charge in [0.25, 0.3) is 0 Å². The van der Waals surface area contributed by atoms with Crippen LogP contribution in [0.25, 0.3) is 10.8 Å². The molecule has 2 aromatic rings. The van der Waals surface area contributed by atoms with Crippen molar-refractivity contribution in [3.8, 4) is 0 Å². The number of nitrogens with two attached hydrogens (primary N) is 1. The van der Waals surface area contributed by atoms with Gasteiger partial charge in [-0.1, -0.05) is 61.5 Å². The van der Waals surface area contributed by atoms with Gasteiger partial charge in [-0.25, -0.2) is 13.6 Å². The van der Waals surface area contributed by atoms with E-state index in [1.807, 2.05) is 0 Å². The predicted molar refractivity (Wildman–Crippen MR) is 148 cm³/mol. The van der Waals surface area contributed by atoms with E-state index in [0.717, 1.165) is 38.5 Å². The molecule has 0 aromatic heterocycles. The van der Waals surface area contributed by atoms with E-state index in [4.69, 9.17) is 9.88 Å². The van der Waals surface area contributed by atoms with Crippen LogP contribution in [0.1, 0.15) is 69.8 Å². The number of hydrogen-bond donors (Lipinski definition) is 2. The topological polar surface area (TPSA) is 81.4 Å². The van der Waals surface area contributed by atoms with Crippen LogP contribution >= 0.6 is 0 Å². The zero-order valence-electron chi connectivity index (χ0n) is 21.7. The minimum atomic E-state index is -3.45. The van der Waals surface area contributed by atoms with E-state index in [1.165, 1.54) is 40.3 Å². The molecule has 196 valence electrons. The molecule has 6 atom stereocenters. The first-order valence-corrected chi connectivity index (χ1v) is 15.8. The highest BCUT2D eigenvalue weighted by atomic mass is 32.2. The van der Waals surface area contributed by atoms with Crippen LogP contribution in [-0.2, 0) is 14.8 Å². The van der Waals surface area contributed by atoms with Crippen molar-refractivity contribution >= 4 is 20.8 Å². The number of sulfonamides is 1. The molecule has 2 heterocycles. The van der Waals surface area contributed by atoms with Crippen molar-refractivity contribution in [1.29, 1.82) is 0 Å². The third kappa shape index (κ3) is 3.70. The van der Waals surface area contributed by atoms with Gasteiger partial charge in [-0.3, -0.25) is 0 Å². The van der Waals surface area contributed by atoms with Gasteiger partial charge in [0.2, 0.25) is 10.0 Å². The quantitative estimate of drug-likeness (QED) is 0.561. The maximum absolute atomic E-state index is 11.4. The van der Waals surface area contributed by atoms with E-state index in [2.05, 4.69) is 66.9 Å². The molecular weight excluding hydrogens is 480 g/mol. The number of nitrogens with one attached hydrogen (secondary N) is 1. The minimum Gasteiger partial charge on any atom is -0.359 e. The average molecular weight is 519 g/mol. The highest BCUT2D eigenvalue weighted by molar-refractivity contribution is 7.89. The Labute approximate surface area is 220 Å². The van der Waals surface area contributed by atoms with E-state index in [9.17, 15) is 8.42 Å². The van der Waals surface area contributed by atoms with E-state index in [-0.39, 0.29) is 28.4 Å². The van der Waals surface area contributed by atoms with Gasteiger partial charge in [0.05, 0.1) is 17.0 Å². The molecule has 0 amide bonds. The van der Waals surface area contributed by atoms with Crippen LogP contribution in [0.5, 0.6) is 0 Å². The molecule has 5 nitrogen and oxygen atoms in total. The first-order valence-electron chi connectivity index (χ1n) is 14.1. The number of primary sulfonamides is 1. The van der Waals surface area contributed by atoms with Crippen molar-refractivity contribution < 1.29 is 13.2 Å². The lowest BCUT2D eigenvalue weighted by molar-refractivity contribution is -0.136. The lowest BCUT2D eigenvalue weighted by Crippen LogP contribution is -2.55. The minimum absolute atomic E-state index is 0.0204. The van der Waals surface area contributed by atoms with Crippen molar-refractivity contribution in [1.82, 2.24) is 5.32 Å². The SMILES string of the molecule is C[C@]12CC=C3C=C4CC[C@H](NCCS(N)(=O)=O)C[C@]45CCC3(O5)[C@@H]1CCC2c1ccc2ccccc2c1. The number of fused-ring (bicyclic) bond motifs is 2. The van der Waals surface area contributed by atoms with Crippen LogP contribution in [0, 0.1) is 11.3 Å². The van der Waals surface area contributed by atoms with E-state index >= 15 is 0 Å². The normalized spacial score (nSPS) is 38.5. The van der Waals surface area contributed by atoms with Crippen LogP contribution < -0.4 is 10.5 Å². The lowest BCUT2D eigenvalue weighted by atomic mass is 9.58. The van der Waals surface area contributed by atoms with Gasteiger partial charge in [0.1, 0.15) is 0 Å². The molecule has 3 N–H and O–H groups in total. The summed E-state index contributed by atoms with van der Waals surface area (Å²) in [6, 6.07) is 16.1. The van der Waals surface area contributed by atoms with Gasteiger partial charge in [-0.05, 0) is 96.1 Å². The number of rotatable bonds is 5. The second kappa shape index (κ2) is 8.25. The molecule has 2 unspecified atom stereocenters. The molecule has 37 heavy (non-hydrogen) atoms. The van der Waals surface area contributed by atoms with Gasteiger partial charge in [0.15, 0.2) is 0 Å². The second-order valence-electron chi connectivity index (χ2n) is 12.6. The summed E-state index contributed by atoms with van der Waals surface area (Å²) in [5.41, 5.74) is 4.19. The fraction of sp³-hybridized carbons (Fsp3) is 0.548. The Bertz CT molecular complexity index is 1430. The maximum Gasteiger partial charge on any atom is 0.210 e. The van der Waals surface area contributed by atoms with Crippen molar-refractivity contribution in [3.63, 3.8) is 0 Å². The van der Waals surface area contributed by atoms with Crippen LogP contribution in [0.15, 0.2) is 65.8 Å². The Morgan fingerprint density at radius 3 is 2.76 bits per heavy atom. The molecule has 2 bridgehead atoms. The van der Waals surface area contributed by atoms with E-state index in [1.54, 1.807) is 0 Å². The second-order valence-corrected chi connectivity index (χ2v) is 14.3. The lowest BCUT2D eigenvalue weighted by Gasteiger charge is -2.54. The van der Waals surface area contributed by atoms with E-state index in [0.29, 0.717) is 18.4 Å². The smallest absolute Gasteiger partial charge is 0.210 e. The van der Waals surface area contributed by atoms with Crippen molar-refractivity contribution in [2.75, 3.05) is 12.3 Å². The first-order chi connectivity index (χ1) is 17.7. The molecule has 7 rings (SSSR count). The fourth-order valence-electron chi connectivity index (χ4n) is 8.96. The summed E-state index contributed by atoms with van der Waals surface area (Å²) in [5.74, 6) is 1.04. The molecule has 6 heteroatoms. The zero-order valence-corrected chi connectivity index (χ0v) is 22.5.